The number of phosphoric acid groups is 1. The minimum atomic E-state index is -4.38. The Morgan fingerprint density at radius 1 is 1.23 bits per heavy atom. The van der Waals surface area contributed by atoms with Gasteiger partial charge in [-0.15, -0.1) is 0 Å². The molecule has 0 fully saturated rings. The maximum absolute atomic E-state index is 10.4. The first kappa shape index (κ1) is 12.7. The average Bonchev–Trinajstić information content (AvgIpc) is 1.82. The molecule has 4 nitrogen and oxygen atoms in total. The third-order valence-corrected chi connectivity index (χ3v) is 2.04. The third-order valence-electron chi connectivity index (χ3n) is 1.66. The molecule has 0 unspecified atom stereocenters. The van der Waals surface area contributed by atoms with Crippen LogP contribution in [0.1, 0.15) is 27.7 Å². The van der Waals surface area contributed by atoms with Gasteiger partial charge < -0.3 is 4.52 Å². The molecule has 0 bridgehead atoms. The van der Waals surface area contributed by atoms with Crippen molar-refractivity contribution >= 4 is 7.82 Å². The van der Waals surface area contributed by atoms with Crippen LogP contribution in [0.3, 0.4) is 0 Å². The van der Waals surface area contributed by atoms with Crippen molar-refractivity contribution in [1.82, 2.24) is 0 Å². The molecule has 0 saturated carbocycles. The molecule has 0 aromatic heterocycles. The normalized spacial score (nSPS) is 12.0. The molecule has 0 aliphatic heterocycles. The first-order chi connectivity index (χ1) is 5.74. The van der Waals surface area contributed by atoms with Crippen LogP contribution in [0, 0.1) is 11.8 Å². The summed E-state index contributed by atoms with van der Waals surface area (Å²) in [6.07, 6.45) is 1.18. The second kappa shape index (κ2) is 4.80. The van der Waals surface area contributed by atoms with Gasteiger partial charge in [0.1, 0.15) is 0 Å². The summed E-state index contributed by atoms with van der Waals surface area (Å²) < 4.78 is 14.7. The molecular weight excluding hydrogens is 191 g/mol. The lowest BCUT2D eigenvalue weighted by Crippen LogP contribution is -2.02. The Morgan fingerprint density at radius 2 is 1.62 bits per heavy atom. The molecule has 0 saturated heterocycles. The number of hydrogen-bond acceptors (Lipinski definition) is 2. The highest BCUT2D eigenvalue weighted by Crippen LogP contribution is 2.37. The second-order valence-corrected chi connectivity index (χ2v) is 4.72. The number of phosphoric ester groups is 1. The van der Waals surface area contributed by atoms with Crippen molar-refractivity contribution in [2.24, 2.45) is 11.8 Å². The van der Waals surface area contributed by atoms with Crippen LogP contribution >= 0.6 is 7.82 Å². The monoisotopic (exact) mass is 208 g/mol. The van der Waals surface area contributed by atoms with Crippen LogP contribution in [0.5, 0.6) is 0 Å². The predicted molar refractivity (Wildman–Crippen MR) is 50.9 cm³/mol. The highest BCUT2D eigenvalue weighted by molar-refractivity contribution is 7.46. The van der Waals surface area contributed by atoms with E-state index in [1.165, 1.54) is 6.26 Å². The van der Waals surface area contributed by atoms with Crippen LogP contribution in [0.2, 0.25) is 0 Å². The lowest BCUT2D eigenvalue weighted by Gasteiger charge is -2.15. The summed E-state index contributed by atoms with van der Waals surface area (Å²) in [7, 11) is -4.38. The summed E-state index contributed by atoms with van der Waals surface area (Å²) in [5, 5.41) is 0. The van der Waals surface area contributed by atoms with Crippen LogP contribution < -0.4 is 0 Å². The third kappa shape index (κ3) is 5.86. The Balaban J connectivity index is 4.48. The van der Waals surface area contributed by atoms with Gasteiger partial charge in [-0.05, 0) is 17.4 Å². The first-order valence-corrected chi connectivity index (χ1v) is 5.71. The lowest BCUT2D eigenvalue weighted by atomic mass is 9.94. The van der Waals surface area contributed by atoms with E-state index in [-0.39, 0.29) is 11.8 Å². The van der Waals surface area contributed by atoms with Crippen molar-refractivity contribution in [3.63, 3.8) is 0 Å². The van der Waals surface area contributed by atoms with Gasteiger partial charge in [0.25, 0.3) is 0 Å². The summed E-state index contributed by atoms with van der Waals surface area (Å²) in [6, 6.07) is 0. The van der Waals surface area contributed by atoms with E-state index in [4.69, 9.17) is 9.79 Å². The summed E-state index contributed by atoms with van der Waals surface area (Å²) in [5.41, 5.74) is 0.892. The van der Waals surface area contributed by atoms with Gasteiger partial charge in [0.05, 0.1) is 6.26 Å². The van der Waals surface area contributed by atoms with Gasteiger partial charge in [-0.25, -0.2) is 4.57 Å². The fourth-order valence-electron chi connectivity index (χ4n) is 1.07. The van der Waals surface area contributed by atoms with Crippen LogP contribution in [0.25, 0.3) is 0 Å². The SMILES string of the molecule is CC(C)C(=COP(=O)(O)O)C(C)C. The number of allylic oxidation sites excluding steroid dienone is 1. The van der Waals surface area contributed by atoms with Crippen LogP contribution in [0.15, 0.2) is 11.8 Å². The molecule has 5 heteroatoms. The molecule has 0 atom stereocenters. The smallest absolute Gasteiger partial charge is 0.412 e. The van der Waals surface area contributed by atoms with Crippen molar-refractivity contribution in [1.29, 1.82) is 0 Å². The van der Waals surface area contributed by atoms with E-state index in [0.29, 0.717) is 0 Å². The Hall–Kier alpha value is -0.310. The molecule has 13 heavy (non-hydrogen) atoms. The summed E-state index contributed by atoms with van der Waals surface area (Å²) >= 11 is 0. The Kier molecular flexibility index (Phi) is 4.68. The lowest BCUT2D eigenvalue weighted by molar-refractivity contribution is 0.255. The zero-order chi connectivity index (χ0) is 10.6. The fourth-order valence-corrected chi connectivity index (χ4v) is 1.33. The van der Waals surface area contributed by atoms with E-state index in [9.17, 15) is 4.57 Å². The molecule has 0 aromatic carbocycles. The number of rotatable bonds is 4. The predicted octanol–water partition coefficient (Wildman–Crippen LogP) is 2.29. The Labute approximate surface area is 78.9 Å². The van der Waals surface area contributed by atoms with Crippen molar-refractivity contribution in [3.8, 4) is 0 Å². The van der Waals surface area contributed by atoms with E-state index in [1.54, 1.807) is 0 Å². The zero-order valence-electron chi connectivity index (χ0n) is 8.39. The fraction of sp³-hybridized carbons (Fsp3) is 0.750. The quantitative estimate of drug-likeness (QED) is 0.549. The van der Waals surface area contributed by atoms with Crippen LogP contribution in [0.4, 0.5) is 0 Å². The first-order valence-electron chi connectivity index (χ1n) is 4.18. The van der Waals surface area contributed by atoms with Crippen molar-refractivity contribution in [2.75, 3.05) is 0 Å². The second-order valence-electron chi connectivity index (χ2n) is 3.52. The minimum absolute atomic E-state index is 0.228. The molecule has 0 heterocycles. The molecular formula is C8H17O4P. The van der Waals surface area contributed by atoms with Gasteiger partial charge in [0, 0.05) is 0 Å². The minimum Gasteiger partial charge on any atom is -0.412 e. The van der Waals surface area contributed by atoms with Gasteiger partial charge >= 0.3 is 7.82 Å². The number of hydrogen-bond donors (Lipinski definition) is 2. The Morgan fingerprint density at radius 3 is 1.85 bits per heavy atom. The molecule has 0 amide bonds. The van der Waals surface area contributed by atoms with Gasteiger partial charge in [-0.2, -0.15) is 0 Å². The van der Waals surface area contributed by atoms with Crippen molar-refractivity contribution < 1.29 is 18.9 Å². The molecule has 0 aliphatic rings. The van der Waals surface area contributed by atoms with Gasteiger partial charge in [-0.3, -0.25) is 9.79 Å². The molecule has 0 aliphatic carbocycles. The molecule has 78 valence electrons. The van der Waals surface area contributed by atoms with Crippen LogP contribution in [-0.4, -0.2) is 9.79 Å². The highest BCUT2D eigenvalue weighted by Gasteiger charge is 2.15. The summed E-state index contributed by atoms with van der Waals surface area (Å²) in [6.45, 7) is 7.81. The topological polar surface area (TPSA) is 66.8 Å². The average molecular weight is 208 g/mol. The molecule has 0 aromatic rings. The molecule has 0 radical (unpaired) electrons. The van der Waals surface area contributed by atoms with E-state index in [2.05, 4.69) is 4.52 Å². The van der Waals surface area contributed by atoms with E-state index >= 15 is 0 Å². The van der Waals surface area contributed by atoms with E-state index in [0.717, 1.165) is 5.57 Å². The Bertz CT molecular complexity index is 216. The van der Waals surface area contributed by atoms with E-state index < -0.39 is 7.82 Å². The van der Waals surface area contributed by atoms with Crippen molar-refractivity contribution in [2.45, 2.75) is 27.7 Å². The largest absolute Gasteiger partial charge is 0.524 e. The summed E-state index contributed by atoms with van der Waals surface area (Å²) in [5.74, 6) is 0.457. The molecule has 0 rings (SSSR count). The maximum Gasteiger partial charge on any atom is 0.524 e. The van der Waals surface area contributed by atoms with Gasteiger partial charge in [0.2, 0.25) is 0 Å². The van der Waals surface area contributed by atoms with Crippen molar-refractivity contribution in [3.05, 3.63) is 11.8 Å². The van der Waals surface area contributed by atoms with Gasteiger partial charge in [0.15, 0.2) is 0 Å². The van der Waals surface area contributed by atoms with Gasteiger partial charge in [-0.1, -0.05) is 27.7 Å². The standard InChI is InChI=1S/C8H17O4P/c1-6(2)8(7(3)4)5-12-13(9,10)11/h5-7H,1-4H3,(H2,9,10,11). The summed E-state index contributed by atoms with van der Waals surface area (Å²) in [4.78, 5) is 16.9. The highest BCUT2D eigenvalue weighted by atomic mass is 31.2. The van der Waals surface area contributed by atoms with E-state index in [1.807, 2.05) is 27.7 Å². The molecule has 0 spiro atoms. The molecule has 2 N–H and O–H groups in total. The maximum atomic E-state index is 10.4. The van der Waals surface area contributed by atoms with Crippen LogP contribution in [-0.2, 0) is 9.09 Å². The zero-order valence-corrected chi connectivity index (χ0v) is 9.28.